The van der Waals surface area contributed by atoms with E-state index in [9.17, 15) is 14.4 Å². The van der Waals surface area contributed by atoms with Gasteiger partial charge in [-0.05, 0) is 49.4 Å². The molecule has 5 aromatic rings. The highest BCUT2D eigenvalue weighted by atomic mass is 16.5. The van der Waals surface area contributed by atoms with Gasteiger partial charge in [-0.2, -0.15) is 0 Å². The van der Waals surface area contributed by atoms with E-state index in [0.717, 1.165) is 16.8 Å². The molecule has 0 radical (unpaired) electrons. The molecule has 2 amide bonds. The minimum atomic E-state index is -1.07. The third-order valence-corrected chi connectivity index (χ3v) is 6.08. The van der Waals surface area contributed by atoms with Gasteiger partial charge in [0.15, 0.2) is 6.10 Å². The maximum atomic E-state index is 12.9. The van der Waals surface area contributed by atoms with Gasteiger partial charge in [-0.3, -0.25) is 9.59 Å². The number of benzene rings is 4. The molecule has 0 fully saturated rings. The quantitative estimate of drug-likeness (QED) is 0.285. The van der Waals surface area contributed by atoms with Gasteiger partial charge in [0, 0.05) is 22.4 Å². The van der Waals surface area contributed by atoms with Crippen molar-refractivity contribution in [2.24, 2.45) is 5.73 Å². The second kappa shape index (κ2) is 10.9. The summed E-state index contributed by atoms with van der Waals surface area (Å²) in [6.45, 7) is 1.48. The molecule has 8 heteroatoms. The van der Waals surface area contributed by atoms with Crippen LogP contribution in [0.5, 0.6) is 0 Å². The summed E-state index contributed by atoms with van der Waals surface area (Å²) in [5.41, 5.74) is 10.6. The number of ether oxygens (including phenoxy) is 1. The minimum absolute atomic E-state index is 0.244. The maximum Gasteiger partial charge on any atom is 0.338 e. The van der Waals surface area contributed by atoms with E-state index in [-0.39, 0.29) is 5.56 Å². The zero-order valence-corrected chi connectivity index (χ0v) is 21.0. The van der Waals surface area contributed by atoms with Crippen LogP contribution in [0.25, 0.3) is 33.5 Å². The third kappa shape index (κ3) is 5.65. The van der Waals surface area contributed by atoms with Crippen molar-refractivity contribution in [1.29, 1.82) is 0 Å². The molecule has 0 bridgehead atoms. The number of nitrogens with one attached hydrogen (secondary N) is 1. The fourth-order valence-electron chi connectivity index (χ4n) is 4.02. The molecule has 0 spiro atoms. The van der Waals surface area contributed by atoms with Crippen LogP contribution < -0.4 is 11.1 Å². The molecule has 8 nitrogen and oxygen atoms in total. The number of primary amides is 1. The second-order valence-corrected chi connectivity index (χ2v) is 8.83. The number of hydrogen-bond acceptors (Lipinski definition) is 6. The Bertz CT molecular complexity index is 1670. The smallest absolute Gasteiger partial charge is 0.338 e. The Kier molecular flexibility index (Phi) is 7.09. The van der Waals surface area contributed by atoms with Crippen molar-refractivity contribution in [2.75, 3.05) is 5.32 Å². The fraction of sp³-hybridized carbons (Fsp3) is 0.0645. The van der Waals surface area contributed by atoms with Crippen LogP contribution in [0.3, 0.4) is 0 Å². The van der Waals surface area contributed by atoms with E-state index in [1.807, 2.05) is 60.7 Å². The van der Waals surface area contributed by atoms with Crippen molar-refractivity contribution < 1.29 is 19.1 Å². The Labute approximate surface area is 224 Å². The number of amides is 2. The number of aromatic nitrogens is 2. The van der Waals surface area contributed by atoms with Crippen molar-refractivity contribution in [3.05, 3.63) is 114 Å². The molecular formula is C31H24N4O4. The Morgan fingerprint density at radius 2 is 1.26 bits per heavy atom. The summed E-state index contributed by atoms with van der Waals surface area (Å²) in [4.78, 5) is 46.5. The predicted molar refractivity (Wildman–Crippen MR) is 149 cm³/mol. The number of fused-ring (bicyclic) bond motifs is 1. The maximum absolute atomic E-state index is 12.9. The second-order valence-electron chi connectivity index (χ2n) is 8.83. The molecule has 0 saturated carbocycles. The molecule has 5 rings (SSSR count). The topological polar surface area (TPSA) is 124 Å². The average molecular weight is 517 g/mol. The van der Waals surface area contributed by atoms with Gasteiger partial charge in [-0.25, -0.2) is 14.8 Å². The van der Waals surface area contributed by atoms with Crippen LogP contribution >= 0.6 is 0 Å². The Morgan fingerprint density at radius 1 is 0.718 bits per heavy atom. The van der Waals surface area contributed by atoms with Crippen LogP contribution in [-0.4, -0.2) is 33.9 Å². The van der Waals surface area contributed by atoms with E-state index < -0.39 is 23.9 Å². The molecule has 1 unspecified atom stereocenters. The van der Waals surface area contributed by atoms with Crippen LogP contribution in [0, 0.1) is 0 Å². The molecule has 1 atom stereocenters. The molecular weight excluding hydrogens is 492 g/mol. The number of rotatable bonds is 7. The van der Waals surface area contributed by atoms with Gasteiger partial charge in [-0.15, -0.1) is 0 Å². The van der Waals surface area contributed by atoms with Gasteiger partial charge in [0.1, 0.15) is 0 Å². The van der Waals surface area contributed by atoms with Crippen molar-refractivity contribution in [1.82, 2.24) is 9.97 Å². The van der Waals surface area contributed by atoms with E-state index >= 15 is 0 Å². The Hall–Kier alpha value is -5.37. The highest BCUT2D eigenvalue weighted by Crippen LogP contribution is 2.31. The largest absolute Gasteiger partial charge is 0.449 e. The van der Waals surface area contributed by atoms with E-state index in [1.165, 1.54) is 19.1 Å². The predicted octanol–water partition coefficient (Wildman–Crippen LogP) is 5.25. The first-order valence-electron chi connectivity index (χ1n) is 12.2. The Morgan fingerprint density at radius 3 is 1.82 bits per heavy atom. The number of nitrogens with two attached hydrogens (primary N) is 1. The lowest BCUT2D eigenvalue weighted by Crippen LogP contribution is -2.30. The first-order valence-corrected chi connectivity index (χ1v) is 12.2. The van der Waals surface area contributed by atoms with Crippen LogP contribution in [-0.2, 0) is 9.53 Å². The molecule has 4 aromatic carbocycles. The Balaban J connectivity index is 1.39. The molecule has 39 heavy (non-hydrogen) atoms. The van der Waals surface area contributed by atoms with Gasteiger partial charge in [0.05, 0.1) is 28.0 Å². The number of carbonyl (C=O) groups is 3. The summed E-state index contributed by atoms with van der Waals surface area (Å²) >= 11 is 0. The molecule has 0 saturated heterocycles. The van der Waals surface area contributed by atoms with Gasteiger partial charge >= 0.3 is 5.97 Å². The van der Waals surface area contributed by atoms with Crippen molar-refractivity contribution in [3.63, 3.8) is 0 Å². The third-order valence-electron chi connectivity index (χ3n) is 6.08. The lowest BCUT2D eigenvalue weighted by Gasteiger charge is -2.14. The number of nitrogens with zero attached hydrogens (tertiary/aromatic N) is 2. The average Bonchev–Trinajstić information content (AvgIpc) is 2.97. The van der Waals surface area contributed by atoms with E-state index in [4.69, 9.17) is 20.4 Å². The normalized spacial score (nSPS) is 11.5. The molecule has 3 N–H and O–H groups in total. The number of esters is 1. The van der Waals surface area contributed by atoms with Gasteiger partial charge in [0.25, 0.3) is 5.91 Å². The van der Waals surface area contributed by atoms with Crippen molar-refractivity contribution in [3.8, 4) is 22.5 Å². The monoisotopic (exact) mass is 516 g/mol. The summed E-state index contributed by atoms with van der Waals surface area (Å²) in [6, 6.07) is 30.5. The molecule has 0 aliphatic rings. The highest BCUT2D eigenvalue weighted by Gasteiger charge is 2.20. The summed E-state index contributed by atoms with van der Waals surface area (Å²) < 4.78 is 5.42. The van der Waals surface area contributed by atoms with Crippen LogP contribution in [0.15, 0.2) is 103 Å². The van der Waals surface area contributed by atoms with E-state index in [1.54, 1.807) is 30.3 Å². The van der Waals surface area contributed by atoms with Gasteiger partial charge < -0.3 is 15.8 Å². The summed E-state index contributed by atoms with van der Waals surface area (Å²) in [6.07, 6.45) is -1.07. The number of hydrogen-bond donors (Lipinski definition) is 2. The summed E-state index contributed by atoms with van der Waals surface area (Å²) in [7, 11) is 0. The van der Waals surface area contributed by atoms with Gasteiger partial charge in [0.2, 0.25) is 5.91 Å². The van der Waals surface area contributed by atoms with E-state index in [2.05, 4.69) is 5.32 Å². The molecule has 1 aromatic heterocycles. The zero-order valence-electron chi connectivity index (χ0n) is 21.0. The first-order chi connectivity index (χ1) is 18.9. The van der Waals surface area contributed by atoms with Crippen LogP contribution in [0.4, 0.5) is 5.69 Å². The fourth-order valence-corrected chi connectivity index (χ4v) is 4.02. The molecule has 1 heterocycles. The summed E-state index contributed by atoms with van der Waals surface area (Å²) in [5.74, 6) is -1.75. The van der Waals surface area contributed by atoms with E-state index in [0.29, 0.717) is 28.0 Å². The SMILES string of the molecule is CC(OC(=O)c1ccc2nc(-c3ccccc3)c(-c3ccccc3)nc2c1)C(=O)Nc1ccc(C(N)=O)cc1. The summed E-state index contributed by atoms with van der Waals surface area (Å²) in [5, 5.41) is 2.65. The standard InChI is InChI=1S/C31H24N4O4/c1-19(30(37)33-24-15-12-22(13-16-24)29(32)36)39-31(38)23-14-17-25-26(18-23)35-28(21-10-6-3-7-11-21)27(34-25)20-8-4-2-5-9-20/h2-19H,1H3,(H2,32,36)(H,33,37). The minimum Gasteiger partial charge on any atom is -0.449 e. The highest BCUT2D eigenvalue weighted by molar-refractivity contribution is 5.99. The number of anilines is 1. The zero-order chi connectivity index (χ0) is 27.4. The number of carbonyl (C=O) groups excluding carboxylic acids is 3. The lowest BCUT2D eigenvalue weighted by molar-refractivity contribution is -0.123. The van der Waals surface area contributed by atoms with Gasteiger partial charge in [-0.1, -0.05) is 60.7 Å². The lowest BCUT2D eigenvalue weighted by atomic mass is 10.0. The molecule has 0 aliphatic heterocycles. The van der Waals surface area contributed by atoms with Crippen LogP contribution in [0.2, 0.25) is 0 Å². The molecule has 0 aliphatic carbocycles. The first kappa shape index (κ1) is 25.3. The van der Waals surface area contributed by atoms with Crippen LogP contribution in [0.1, 0.15) is 27.6 Å². The van der Waals surface area contributed by atoms with Crippen molar-refractivity contribution in [2.45, 2.75) is 13.0 Å². The molecule has 192 valence electrons. The van der Waals surface area contributed by atoms with Crippen molar-refractivity contribution >= 4 is 34.5 Å².